The molecule has 8 nitrogen and oxygen atoms in total. The number of aliphatic hydroxyl groups excluding tert-OH is 1. The van der Waals surface area contributed by atoms with Crippen molar-refractivity contribution in [3.8, 4) is 22.9 Å². The molecule has 180 valence electrons. The molecule has 6 rings (SSSR count). The van der Waals surface area contributed by atoms with Crippen LogP contribution in [0.5, 0.6) is 0 Å². The number of H-pyrrole nitrogens is 2. The van der Waals surface area contributed by atoms with Gasteiger partial charge in [-0.3, -0.25) is 9.88 Å². The number of aromatic amines is 2. The van der Waals surface area contributed by atoms with Gasteiger partial charge in [0.1, 0.15) is 11.5 Å². The molecule has 0 amide bonds. The summed E-state index contributed by atoms with van der Waals surface area (Å²) < 4.78 is 0. The van der Waals surface area contributed by atoms with E-state index in [-0.39, 0.29) is 6.61 Å². The number of imidazole rings is 2. The van der Waals surface area contributed by atoms with Gasteiger partial charge < -0.3 is 20.0 Å². The van der Waals surface area contributed by atoms with Crippen LogP contribution in [0.4, 0.5) is 5.69 Å². The van der Waals surface area contributed by atoms with Crippen LogP contribution >= 0.6 is 0 Å². The van der Waals surface area contributed by atoms with Crippen LogP contribution in [0.15, 0.2) is 60.8 Å². The molecule has 1 saturated heterocycles. The number of nitrogens with zero attached hydrogens (tertiary/aromatic N) is 5. The van der Waals surface area contributed by atoms with Crippen molar-refractivity contribution in [3.63, 3.8) is 0 Å². The second-order valence-electron chi connectivity index (χ2n) is 8.37. The number of piperazine rings is 1. The number of aromatic nitrogens is 5. The lowest BCUT2D eigenvalue weighted by molar-refractivity contribution is 0.189. The van der Waals surface area contributed by atoms with E-state index >= 15 is 0 Å². The molecule has 1 aliphatic heterocycles. The molecular formula is C27H31N7O. The van der Waals surface area contributed by atoms with Crippen molar-refractivity contribution in [2.24, 2.45) is 0 Å². The largest absolute Gasteiger partial charge is 0.395 e. The van der Waals surface area contributed by atoms with Crippen molar-refractivity contribution in [2.45, 2.75) is 13.8 Å². The van der Waals surface area contributed by atoms with Gasteiger partial charge in [-0.05, 0) is 48.5 Å². The third-order valence-corrected chi connectivity index (χ3v) is 6.28. The number of hydrogen-bond acceptors (Lipinski definition) is 6. The quantitative estimate of drug-likeness (QED) is 0.355. The number of rotatable bonds is 5. The van der Waals surface area contributed by atoms with Crippen molar-refractivity contribution in [1.82, 2.24) is 29.8 Å². The van der Waals surface area contributed by atoms with E-state index < -0.39 is 0 Å². The van der Waals surface area contributed by atoms with E-state index in [2.05, 4.69) is 54.0 Å². The Balaban J connectivity index is 0.00000124. The van der Waals surface area contributed by atoms with Crippen LogP contribution in [-0.2, 0) is 0 Å². The maximum absolute atomic E-state index is 9.15. The second-order valence-corrected chi connectivity index (χ2v) is 8.37. The molecule has 0 spiro atoms. The molecule has 0 unspecified atom stereocenters. The van der Waals surface area contributed by atoms with Crippen molar-refractivity contribution >= 4 is 27.8 Å². The first-order chi connectivity index (χ1) is 17.3. The predicted molar refractivity (Wildman–Crippen MR) is 141 cm³/mol. The van der Waals surface area contributed by atoms with E-state index in [0.29, 0.717) is 0 Å². The van der Waals surface area contributed by atoms with E-state index in [9.17, 15) is 0 Å². The standard InChI is InChI=1S/C25H25N7O.C2H6/c33-14-13-31-9-11-32(12-10-31)18-5-7-20-23(16-18)29-24(27-20)17-4-6-19-22(15-17)30-25(28-19)21-3-1-2-8-26-21;1-2/h1-8,15-16,33H,9-14H2,(H,27,29)(H,28,30);1-2H3. The lowest BCUT2D eigenvalue weighted by atomic mass is 10.2. The molecule has 8 heteroatoms. The van der Waals surface area contributed by atoms with Crippen LogP contribution in [0.1, 0.15) is 13.8 Å². The molecule has 5 aromatic rings. The fraction of sp³-hybridized carbons (Fsp3) is 0.296. The lowest BCUT2D eigenvalue weighted by Gasteiger charge is -2.35. The Morgan fingerprint density at radius 2 is 1.54 bits per heavy atom. The van der Waals surface area contributed by atoms with E-state index in [4.69, 9.17) is 10.1 Å². The summed E-state index contributed by atoms with van der Waals surface area (Å²) in [5.74, 6) is 1.60. The molecule has 0 bridgehead atoms. The highest BCUT2D eigenvalue weighted by Crippen LogP contribution is 2.28. The fourth-order valence-corrected chi connectivity index (χ4v) is 4.48. The molecule has 0 atom stereocenters. The van der Waals surface area contributed by atoms with E-state index in [1.165, 1.54) is 5.69 Å². The molecule has 3 aromatic heterocycles. The summed E-state index contributed by atoms with van der Waals surface area (Å²) >= 11 is 0. The highest BCUT2D eigenvalue weighted by atomic mass is 16.3. The molecule has 1 aliphatic rings. The Bertz CT molecular complexity index is 1400. The summed E-state index contributed by atoms with van der Waals surface area (Å²) in [6.07, 6.45) is 1.77. The number of hydrogen-bond donors (Lipinski definition) is 3. The Hall–Kier alpha value is -3.75. The summed E-state index contributed by atoms with van der Waals surface area (Å²) in [7, 11) is 0. The average molecular weight is 470 g/mol. The molecule has 4 heterocycles. The number of pyridine rings is 1. The zero-order chi connectivity index (χ0) is 24.2. The van der Waals surface area contributed by atoms with Crippen LogP contribution in [0.3, 0.4) is 0 Å². The SMILES string of the molecule is CC.OCCN1CCN(c2ccc3nc(-c4ccc5nc(-c6ccccn6)[nH]c5c4)[nH]c3c2)CC1. The van der Waals surface area contributed by atoms with Crippen LogP contribution in [0.25, 0.3) is 45.0 Å². The van der Waals surface area contributed by atoms with Crippen molar-refractivity contribution in [2.75, 3.05) is 44.2 Å². The maximum atomic E-state index is 9.15. The summed E-state index contributed by atoms with van der Waals surface area (Å²) in [5, 5.41) is 9.15. The van der Waals surface area contributed by atoms with Gasteiger partial charge in [-0.15, -0.1) is 0 Å². The average Bonchev–Trinajstić information content (AvgIpc) is 3.54. The molecule has 2 aromatic carbocycles. The second kappa shape index (κ2) is 10.2. The highest BCUT2D eigenvalue weighted by Gasteiger charge is 2.17. The number of β-amino-alcohol motifs (C(OH)–C–C–N with tert-alkyl or cyclic N) is 1. The monoisotopic (exact) mass is 469 g/mol. The molecule has 35 heavy (non-hydrogen) atoms. The van der Waals surface area contributed by atoms with Gasteiger partial charge in [0.2, 0.25) is 0 Å². The third-order valence-electron chi connectivity index (χ3n) is 6.28. The van der Waals surface area contributed by atoms with Gasteiger partial charge in [-0.1, -0.05) is 19.9 Å². The highest BCUT2D eigenvalue weighted by molar-refractivity contribution is 5.86. The zero-order valence-electron chi connectivity index (χ0n) is 20.2. The normalized spacial score (nSPS) is 14.3. The first-order valence-electron chi connectivity index (χ1n) is 12.3. The summed E-state index contributed by atoms with van der Waals surface area (Å²) in [4.78, 5) is 25.4. The lowest BCUT2D eigenvalue weighted by Crippen LogP contribution is -2.47. The topological polar surface area (TPSA) is 97.0 Å². The summed E-state index contributed by atoms with van der Waals surface area (Å²) in [6.45, 7) is 8.83. The number of aliphatic hydroxyl groups is 1. The summed E-state index contributed by atoms with van der Waals surface area (Å²) in [6, 6.07) is 18.3. The van der Waals surface area contributed by atoms with Crippen LogP contribution in [0, 0.1) is 0 Å². The van der Waals surface area contributed by atoms with Crippen LogP contribution in [0.2, 0.25) is 0 Å². The Labute approximate surface area is 204 Å². The maximum Gasteiger partial charge on any atom is 0.157 e. The molecule has 3 N–H and O–H groups in total. The fourth-order valence-electron chi connectivity index (χ4n) is 4.48. The number of fused-ring (bicyclic) bond motifs is 2. The van der Waals surface area contributed by atoms with Gasteiger partial charge in [0, 0.05) is 50.2 Å². The minimum Gasteiger partial charge on any atom is -0.395 e. The van der Waals surface area contributed by atoms with Crippen molar-refractivity contribution in [3.05, 3.63) is 60.8 Å². The van der Waals surface area contributed by atoms with Crippen molar-refractivity contribution < 1.29 is 5.11 Å². The molecule has 0 saturated carbocycles. The van der Waals surface area contributed by atoms with Gasteiger partial charge in [-0.25, -0.2) is 9.97 Å². The van der Waals surface area contributed by atoms with Gasteiger partial charge in [0.25, 0.3) is 0 Å². The first kappa shape index (κ1) is 23.0. The third kappa shape index (κ3) is 4.76. The Morgan fingerprint density at radius 3 is 2.29 bits per heavy atom. The van der Waals surface area contributed by atoms with E-state index in [0.717, 1.165) is 77.7 Å². The first-order valence-corrected chi connectivity index (χ1v) is 12.3. The molecule has 0 radical (unpaired) electrons. The minimum absolute atomic E-state index is 0.220. The zero-order valence-corrected chi connectivity index (χ0v) is 20.2. The van der Waals surface area contributed by atoms with Gasteiger partial charge >= 0.3 is 0 Å². The number of benzene rings is 2. The minimum atomic E-state index is 0.220. The smallest absolute Gasteiger partial charge is 0.157 e. The number of nitrogens with one attached hydrogen (secondary N) is 2. The predicted octanol–water partition coefficient (Wildman–Crippen LogP) is 4.31. The summed E-state index contributed by atoms with van der Waals surface area (Å²) in [5.41, 5.74) is 6.86. The van der Waals surface area contributed by atoms with Crippen LogP contribution < -0.4 is 4.90 Å². The number of anilines is 1. The molecule has 0 aliphatic carbocycles. The Morgan fingerprint density at radius 1 is 0.829 bits per heavy atom. The van der Waals surface area contributed by atoms with Gasteiger partial charge in [0.05, 0.1) is 28.7 Å². The Kier molecular flexibility index (Phi) is 6.74. The van der Waals surface area contributed by atoms with E-state index in [1.807, 2.05) is 44.2 Å². The van der Waals surface area contributed by atoms with Crippen LogP contribution in [-0.4, -0.2) is 74.3 Å². The molecular weight excluding hydrogens is 438 g/mol. The van der Waals surface area contributed by atoms with E-state index in [1.54, 1.807) is 6.20 Å². The van der Waals surface area contributed by atoms with Gasteiger partial charge in [-0.2, -0.15) is 0 Å². The van der Waals surface area contributed by atoms with Gasteiger partial charge in [0.15, 0.2) is 5.82 Å². The molecule has 1 fully saturated rings. The van der Waals surface area contributed by atoms with Crippen molar-refractivity contribution in [1.29, 1.82) is 0 Å².